The number of hydrogen-bond acceptors (Lipinski definition) is 2. The Bertz CT molecular complexity index is 451. The summed E-state index contributed by atoms with van der Waals surface area (Å²) >= 11 is 0. The second-order valence-corrected chi connectivity index (χ2v) is 7.12. The van der Waals surface area contributed by atoms with Crippen molar-refractivity contribution in [2.45, 2.75) is 57.6 Å². The van der Waals surface area contributed by atoms with Gasteiger partial charge in [-0.05, 0) is 62.2 Å². The Morgan fingerprint density at radius 2 is 1.84 bits per heavy atom. The lowest BCUT2D eigenvalue weighted by molar-refractivity contribution is -0.179. The van der Waals surface area contributed by atoms with Gasteiger partial charge in [-0.3, -0.25) is 4.68 Å². The zero-order valence-corrected chi connectivity index (χ0v) is 11.8. The van der Waals surface area contributed by atoms with Crippen molar-refractivity contribution >= 4 is 0 Å². The summed E-state index contributed by atoms with van der Waals surface area (Å²) < 4.78 is 2.00. The van der Waals surface area contributed by atoms with Gasteiger partial charge in [0.1, 0.15) is 0 Å². The molecule has 1 heterocycles. The van der Waals surface area contributed by atoms with Gasteiger partial charge in [-0.2, -0.15) is 5.10 Å². The van der Waals surface area contributed by atoms with Crippen LogP contribution in [-0.4, -0.2) is 14.9 Å². The predicted octanol–water partition coefficient (Wildman–Crippen LogP) is 2.94. The van der Waals surface area contributed by atoms with Gasteiger partial charge >= 0.3 is 0 Å². The Labute approximate surface area is 115 Å². The molecule has 4 fully saturated rings. The normalized spacial score (nSPS) is 43.9. The second-order valence-electron chi connectivity index (χ2n) is 7.12. The molecule has 19 heavy (non-hydrogen) atoms. The van der Waals surface area contributed by atoms with Crippen LogP contribution in [0, 0.1) is 23.7 Å². The van der Waals surface area contributed by atoms with Crippen LogP contribution >= 0.6 is 0 Å². The Morgan fingerprint density at radius 1 is 1.21 bits per heavy atom. The maximum absolute atomic E-state index is 11.4. The van der Waals surface area contributed by atoms with E-state index in [2.05, 4.69) is 18.2 Å². The molecule has 0 radical (unpaired) electrons. The van der Waals surface area contributed by atoms with Gasteiger partial charge in [-0.1, -0.05) is 6.92 Å². The first kappa shape index (κ1) is 12.0. The van der Waals surface area contributed by atoms with Crippen LogP contribution in [0.15, 0.2) is 12.4 Å². The first-order valence-corrected chi connectivity index (χ1v) is 7.95. The van der Waals surface area contributed by atoms with E-state index in [1.165, 1.54) is 32.1 Å². The van der Waals surface area contributed by atoms with Crippen LogP contribution in [0.25, 0.3) is 0 Å². The van der Waals surface area contributed by atoms with Crippen LogP contribution in [0.4, 0.5) is 0 Å². The molecule has 0 amide bonds. The number of aromatic nitrogens is 2. The standard InChI is InChI=1S/C16H24N2O/c1-2-3-18-10-15(9-17-18)16(19)13-5-11-4-12(7-13)8-14(16)6-11/h9-14,19H,2-8H2,1H3. The first-order valence-electron chi connectivity index (χ1n) is 7.95. The summed E-state index contributed by atoms with van der Waals surface area (Å²) in [5, 5.41) is 15.8. The molecule has 0 spiro atoms. The maximum atomic E-state index is 11.4. The van der Waals surface area contributed by atoms with E-state index < -0.39 is 5.60 Å². The SMILES string of the molecule is CCCn1cc(C2(O)C3CC4CC(C3)CC2C4)cn1. The molecule has 1 N–H and O–H groups in total. The molecule has 4 aliphatic rings. The molecule has 1 aromatic rings. The fourth-order valence-corrected chi connectivity index (χ4v) is 5.30. The van der Waals surface area contributed by atoms with Gasteiger partial charge < -0.3 is 5.11 Å². The van der Waals surface area contributed by atoms with E-state index in [4.69, 9.17) is 0 Å². The summed E-state index contributed by atoms with van der Waals surface area (Å²) in [6.07, 6.45) is 11.5. The highest BCUT2D eigenvalue weighted by atomic mass is 16.3. The van der Waals surface area contributed by atoms with E-state index in [9.17, 15) is 5.11 Å². The Balaban J connectivity index is 1.68. The molecule has 3 heteroatoms. The van der Waals surface area contributed by atoms with Crippen molar-refractivity contribution in [2.24, 2.45) is 23.7 Å². The molecular formula is C16H24N2O. The minimum absolute atomic E-state index is 0.489. The number of aliphatic hydroxyl groups is 1. The van der Waals surface area contributed by atoms with Gasteiger partial charge in [-0.15, -0.1) is 0 Å². The smallest absolute Gasteiger partial charge is 0.0983 e. The topological polar surface area (TPSA) is 38.0 Å². The molecule has 5 rings (SSSR count). The lowest BCUT2D eigenvalue weighted by Gasteiger charge is -2.58. The van der Waals surface area contributed by atoms with Crippen LogP contribution in [0.1, 0.15) is 51.0 Å². The maximum Gasteiger partial charge on any atom is 0.0983 e. The van der Waals surface area contributed by atoms with E-state index in [1.807, 2.05) is 10.9 Å². The minimum Gasteiger partial charge on any atom is -0.384 e. The van der Waals surface area contributed by atoms with Crippen LogP contribution in [0.5, 0.6) is 0 Å². The highest BCUT2D eigenvalue weighted by Gasteiger charge is 2.57. The third kappa shape index (κ3) is 1.63. The molecule has 4 bridgehead atoms. The summed E-state index contributed by atoms with van der Waals surface area (Å²) in [4.78, 5) is 0. The molecule has 1 aromatic heterocycles. The monoisotopic (exact) mass is 260 g/mol. The van der Waals surface area contributed by atoms with E-state index in [1.54, 1.807) is 0 Å². The first-order chi connectivity index (χ1) is 9.20. The van der Waals surface area contributed by atoms with Crippen molar-refractivity contribution in [1.29, 1.82) is 0 Å². The van der Waals surface area contributed by atoms with Crippen molar-refractivity contribution in [2.75, 3.05) is 0 Å². The minimum atomic E-state index is -0.570. The highest BCUT2D eigenvalue weighted by Crippen LogP contribution is 2.61. The predicted molar refractivity (Wildman–Crippen MR) is 73.5 cm³/mol. The number of nitrogens with zero attached hydrogens (tertiary/aromatic N) is 2. The zero-order chi connectivity index (χ0) is 13.0. The summed E-state index contributed by atoms with van der Waals surface area (Å²) in [5.74, 6) is 2.77. The largest absolute Gasteiger partial charge is 0.384 e. The highest BCUT2D eigenvalue weighted by molar-refractivity contribution is 5.23. The van der Waals surface area contributed by atoms with Crippen LogP contribution in [-0.2, 0) is 12.1 Å². The summed E-state index contributed by atoms with van der Waals surface area (Å²) in [6.45, 7) is 3.12. The number of hydrogen-bond donors (Lipinski definition) is 1. The van der Waals surface area contributed by atoms with Gasteiger partial charge in [0, 0.05) is 18.3 Å². The van der Waals surface area contributed by atoms with Crippen molar-refractivity contribution in [3.8, 4) is 0 Å². The third-order valence-electron chi connectivity index (χ3n) is 5.93. The van der Waals surface area contributed by atoms with E-state index in [-0.39, 0.29) is 0 Å². The van der Waals surface area contributed by atoms with Gasteiger partial charge in [0.2, 0.25) is 0 Å². The number of rotatable bonds is 3. The fraction of sp³-hybridized carbons (Fsp3) is 0.812. The van der Waals surface area contributed by atoms with Crippen molar-refractivity contribution in [3.05, 3.63) is 18.0 Å². The summed E-state index contributed by atoms with van der Waals surface area (Å²) in [6, 6.07) is 0. The Hall–Kier alpha value is -0.830. The van der Waals surface area contributed by atoms with Crippen molar-refractivity contribution < 1.29 is 5.11 Å². The van der Waals surface area contributed by atoms with E-state index >= 15 is 0 Å². The van der Waals surface area contributed by atoms with Gasteiger partial charge in [-0.25, -0.2) is 0 Å². The second kappa shape index (κ2) is 4.08. The van der Waals surface area contributed by atoms with E-state index in [0.717, 1.165) is 30.4 Å². The van der Waals surface area contributed by atoms with Gasteiger partial charge in [0.15, 0.2) is 0 Å². The molecule has 0 saturated heterocycles. The zero-order valence-electron chi connectivity index (χ0n) is 11.8. The average molecular weight is 260 g/mol. The number of aryl methyl sites for hydroxylation is 1. The molecule has 0 unspecified atom stereocenters. The van der Waals surface area contributed by atoms with Crippen molar-refractivity contribution in [3.63, 3.8) is 0 Å². The molecule has 4 saturated carbocycles. The molecule has 0 aliphatic heterocycles. The quantitative estimate of drug-likeness (QED) is 0.907. The van der Waals surface area contributed by atoms with Crippen LogP contribution < -0.4 is 0 Å². The molecule has 3 nitrogen and oxygen atoms in total. The Morgan fingerprint density at radius 3 is 2.42 bits per heavy atom. The summed E-state index contributed by atoms with van der Waals surface area (Å²) in [7, 11) is 0. The lowest BCUT2D eigenvalue weighted by Crippen LogP contribution is -2.55. The lowest BCUT2D eigenvalue weighted by atomic mass is 9.49. The molecular weight excluding hydrogens is 236 g/mol. The van der Waals surface area contributed by atoms with Crippen LogP contribution in [0.2, 0.25) is 0 Å². The van der Waals surface area contributed by atoms with Crippen LogP contribution in [0.3, 0.4) is 0 Å². The molecule has 0 aromatic carbocycles. The fourth-order valence-electron chi connectivity index (χ4n) is 5.30. The summed E-state index contributed by atoms with van der Waals surface area (Å²) in [5.41, 5.74) is 0.522. The Kier molecular flexibility index (Phi) is 2.57. The van der Waals surface area contributed by atoms with Gasteiger partial charge in [0.25, 0.3) is 0 Å². The molecule has 0 atom stereocenters. The third-order valence-corrected chi connectivity index (χ3v) is 5.93. The van der Waals surface area contributed by atoms with E-state index in [0.29, 0.717) is 11.8 Å². The average Bonchev–Trinajstić information content (AvgIpc) is 2.84. The van der Waals surface area contributed by atoms with Gasteiger partial charge in [0.05, 0.1) is 11.8 Å². The molecule has 4 aliphatic carbocycles. The van der Waals surface area contributed by atoms with Crippen molar-refractivity contribution in [1.82, 2.24) is 9.78 Å². The molecule has 104 valence electrons.